The van der Waals surface area contributed by atoms with Crippen molar-refractivity contribution in [3.8, 4) is 0 Å². The molecule has 4 nitrogen and oxygen atoms in total. The van der Waals surface area contributed by atoms with Crippen molar-refractivity contribution in [2.24, 2.45) is 0 Å². The van der Waals surface area contributed by atoms with E-state index in [-0.39, 0.29) is 24.3 Å². The highest BCUT2D eigenvalue weighted by Crippen LogP contribution is 2.18. The first kappa shape index (κ1) is 13.2. The molecule has 1 unspecified atom stereocenters. The van der Waals surface area contributed by atoms with Gasteiger partial charge in [0.25, 0.3) is 0 Å². The Hall–Kier alpha value is -1.84. The van der Waals surface area contributed by atoms with Crippen molar-refractivity contribution in [3.63, 3.8) is 0 Å². The average Bonchev–Trinajstić information content (AvgIpc) is 2.37. The van der Waals surface area contributed by atoms with Crippen LogP contribution in [0.1, 0.15) is 24.0 Å². The van der Waals surface area contributed by atoms with Crippen LogP contribution in [0.25, 0.3) is 0 Å². The van der Waals surface area contributed by atoms with Crippen molar-refractivity contribution in [2.45, 2.75) is 19.3 Å². The first-order chi connectivity index (χ1) is 8.08. The third kappa shape index (κ3) is 3.59. The summed E-state index contributed by atoms with van der Waals surface area (Å²) in [5.74, 6) is -0.925. The van der Waals surface area contributed by atoms with Crippen molar-refractivity contribution in [2.75, 3.05) is 14.2 Å². The molecule has 0 saturated carbocycles. The summed E-state index contributed by atoms with van der Waals surface area (Å²) in [7, 11) is 2.71. The first-order valence-corrected chi connectivity index (χ1v) is 5.32. The number of esters is 2. The molecule has 0 saturated heterocycles. The van der Waals surface area contributed by atoms with E-state index in [2.05, 4.69) is 9.47 Å². The summed E-state index contributed by atoms with van der Waals surface area (Å²) in [4.78, 5) is 22.5. The Morgan fingerprint density at radius 2 is 1.94 bits per heavy atom. The number of carbonyl (C=O) groups excluding carboxylic acids is 2. The second-order valence-corrected chi connectivity index (χ2v) is 3.74. The summed E-state index contributed by atoms with van der Waals surface area (Å²) in [5, 5.41) is 0. The number of hydrogen-bond acceptors (Lipinski definition) is 4. The lowest BCUT2D eigenvalue weighted by Crippen LogP contribution is -2.11. The molecular weight excluding hydrogens is 220 g/mol. The van der Waals surface area contributed by atoms with E-state index in [4.69, 9.17) is 0 Å². The highest BCUT2D eigenvalue weighted by atomic mass is 16.5. The van der Waals surface area contributed by atoms with Gasteiger partial charge in [0.05, 0.1) is 26.6 Å². The second-order valence-electron chi connectivity index (χ2n) is 3.74. The van der Waals surface area contributed by atoms with E-state index < -0.39 is 0 Å². The smallest absolute Gasteiger partial charge is 0.312 e. The van der Waals surface area contributed by atoms with E-state index in [0.29, 0.717) is 0 Å². The van der Waals surface area contributed by atoms with Gasteiger partial charge in [-0.2, -0.15) is 0 Å². The molecule has 0 N–H and O–H groups in total. The molecule has 17 heavy (non-hydrogen) atoms. The highest BCUT2D eigenvalue weighted by molar-refractivity contribution is 5.78. The SMILES string of the molecule is COC(=O)Cc1cccc(C(C)C(=O)OC)c1. The Bertz CT molecular complexity index is 412. The summed E-state index contributed by atoms with van der Waals surface area (Å²) in [6.07, 6.45) is 0.207. The predicted octanol–water partition coefficient (Wildman–Crippen LogP) is 1.68. The van der Waals surface area contributed by atoms with Crippen LogP contribution in [0, 0.1) is 0 Å². The predicted molar refractivity (Wildman–Crippen MR) is 62.6 cm³/mol. The van der Waals surface area contributed by atoms with Crippen LogP contribution in [-0.2, 0) is 25.5 Å². The fourth-order valence-corrected chi connectivity index (χ4v) is 1.52. The quantitative estimate of drug-likeness (QED) is 0.746. The number of benzene rings is 1. The Morgan fingerprint density at radius 1 is 1.24 bits per heavy atom. The van der Waals surface area contributed by atoms with E-state index in [1.807, 2.05) is 24.3 Å². The van der Waals surface area contributed by atoms with Crippen LogP contribution in [0.4, 0.5) is 0 Å². The lowest BCUT2D eigenvalue weighted by molar-refractivity contribution is -0.142. The van der Waals surface area contributed by atoms with E-state index in [1.54, 1.807) is 6.92 Å². The fraction of sp³-hybridized carbons (Fsp3) is 0.385. The summed E-state index contributed by atoms with van der Waals surface area (Å²) in [6.45, 7) is 1.77. The monoisotopic (exact) mass is 236 g/mol. The van der Waals surface area contributed by atoms with Gasteiger partial charge in [-0.1, -0.05) is 24.3 Å². The molecule has 0 bridgehead atoms. The summed E-state index contributed by atoms with van der Waals surface area (Å²) >= 11 is 0. The maximum atomic E-state index is 11.4. The molecule has 1 atom stereocenters. The van der Waals surface area contributed by atoms with Crippen LogP contribution >= 0.6 is 0 Å². The van der Waals surface area contributed by atoms with Gasteiger partial charge in [-0.25, -0.2) is 0 Å². The number of carbonyl (C=O) groups is 2. The Morgan fingerprint density at radius 3 is 2.53 bits per heavy atom. The van der Waals surface area contributed by atoms with Gasteiger partial charge in [0, 0.05) is 0 Å². The molecule has 0 heterocycles. The van der Waals surface area contributed by atoms with Crippen LogP contribution in [0.3, 0.4) is 0 Å². The molecule has 1 rings (SSSR count). The first-order valence-electron chi connectivity index (χ1n) is 5.32. The third-order valence-electron chi connectivity index (χ3n) is 2.58. The normalized spacial score (nSPS) is 11.7. The molecule has 92 valence electrons. The fourth-order valence-electron chi connectivity index (χ4n) is 1.52. The minimum Gasteiger partial charge on any atom is -0.469 e. The van der Waals surface area contributed by atoms with Gasteiger partial charge in [-0.05, 0) is 18.1 Å². The zero-order valence-electron chi connectivity index (χ0n) is 10.2. The Kier molecular flexibility index (Phi) is 4.69. The standard InChI is InChI=1S/C13H16O4/c1-9(13(15)17-3)11-6-4-5-10(7-11)8-12(14)16-2/h4-7,9H,8H2,1-3H3. The molecule has 0 aromatic heterocycles. The van der Waals surface area contributed by atoms with Gasteiger partial charge in [0.1, 0.15) is 0 Å². The molecule has 0 amide bonds. The molecule has 0 aliphatic carbocycles. The van der Waals surface area contributed by atoms with Gasteiger partial charge in [0.15, 0.2) is 0 Å². The van der Waals surface area contributed by atoms with E-state index in [1.165, 1.54) is 14.2 Å². The number of hydrogen-bond donors (Lipinski definition) is 0. The summed E-state index contributed by atoms with van der Waals surface area (Å²) < 4.78 is 9.27. The second kappa shape index (κ2) is 6.03. The summed E-state index contributed by atoms with van der Waals surface area (Å²) in [5.41, 5.74) is 1.66. The van der Waals surface area contributed by atoms with Gasteiger partial charge in [0.2, 0.25) is 0 Å². The zero-order valence-corrected chi connectivity index (χ0v) is 10.2. The van der Waals surface area contributed by atoms with E-state index in [9.17, 15) is 9.59 Å². The molecule has 0 spiro atoms. The zero-order chi connectivity index (χ0) is 12.8. The molecule has 1 aromatic carbocycles. The lowest BCUT2D eigenvalue weighted by atomic mass is 9.98. The molecule has 0 aliphatic heterocycles. The van der Waals surface area contributed by atoms with Crippen LogP contribution in [0.5, 0.6) is 0 Å². The molecule has 0 radical (unpaired) electrons. The van der Waals surface area contributed by atoms with Crippen molar-refractivity contribution in [3.05, 3.63) is 35.4 Å². The van der Waals surface area contributed by atoms with Crippen LogP contribution in [0.15, 0.2) is 24.3 Å². The number of methoxy groups -OCH3 is 2. The van der Waals surface area contributed by atoms with Gasteiger partial charge in [-0.3, -0.25) is 9.59 Å². The lowest BCUT2D eigenvalue weighted by Gasteiger charge is -2.10. The van der Waals surface area contributed by atoms with E-state index in [0.717, 1.165) is 11.1 Å². The Labute approximate surface area is 101 Å². The number of rotatable bonds is 4. The topological polar surface area (TPSA) is 52.6 Å². The minimum absolute atomic E-state index is 0.207. The number of ether oxygens (including phenoxy) is 2. The third-order valence-corrected chi connectivity index (χ3v) is 2.58. The maximum absolute atomic E-state index is 11.4. The molecule has 0 fully saturated rings. The van der Waals surface area contributed by atoms with Gasteiger partial charge in [-0.15, -0.1) is 0 Å². The van der Waals surface area contributed by atoms with Crippen LogP contribution < -0.4 is 0 Å². The largest absolute Gasteiger partial charge is 0.469 e. The van der Waals surface area contributed by atoms with Crippen molar-refractivity contribution >= 4 is 11.9 Å². The minimum atomic E-state index is -0.336. The van der Waals surface area contributed by atoms with Gasteiger partial charge >= 0.3 is 11.9 Å². The maximum Gasteiger partial charge on any atom is 0.312 e. The van der Waals surface area contributed by atoms with Gasteiger partial charge < -0.3 is 9.47 Å². The van der Waals surface area contributed by atoms with Crippen molar-refractivity contribution in [1.29, 1.82) is 0 Å². The molecule has 0 aliphatic rings. The van der Waals surface area contributed by atoms with E-state index >= 15 is 0 Å². The highest BCUT2D eigenvalue weighted by Gasteiger charge is 2.16. The van der Waals surface area contributed by atoms with Crippen LogP contribution in [-0.4, -0.2) is 26.2 Å². The van der Waals surface area contributed by atoms with Crippen molar-refractivity contribution < 1.29 is 19.1 Å². The van der Waals surface area contributed by atoms with Crippen molar-refractivity contribution in [1.82, 2.24) is 0 Å². The van der Waals surface area contributed by atoms with Crippen LogP contribution in [0.2, 0.25) is 0 Å². The molecule has 4 heteroatoms. The molecular formula is C13H16O4. The summed E-state index contributed by atoms with van der Waals surface area (Å²) in [6, 6.07) is 7.29. The Balaban J connectivity index is 2.85. The average molecular weight is 236 g/mol. The molecule has 1 aromatic rings.